The fraction of sp³-hybridized carbons (Fsp3) is 0.300. The lowest BCUT2D eigenvalue weighted by molar-refractivity contribution is 0.0278. The van der Waals surface area contributed by atoms with E-state index in [4.69, 9.17) is 0 Å². The predicted molar refractivity (Wildman–Crippen MR) is 46.4 cm³/mol. The van der Waals surface area contributed by atoms with Gasteiger partial charge in [0.25, 0.3) is 5.92 Å². The highest BCUT2D eigenvalue weighted by atomic mass is 19.3. The van der Waals surface area contributed by atoms with E-state index >= 15 is 0 Å². The lowest BCUT2D eigenvalue weighted by Gasteiger charge is -2.02. The van der Waals surface area contributed by atoms with Gasteiger partial charge in [0.05, 0.1) is 6.42 Å². The highest BCUT2D eigenvalue weighted by Gasteiger charge is 2.18. The fourth-order valence-corrected chi connectivity index (χ4v) is 0.738. The van der Waals surface area contributed by atoms with Crippen LogP contribution in [0.4, 0.5) is 8.78 Å². The molecule has 13 heavy (non-hydrogen) atoms. The molecule has 0 radical (unpaired) electrons. The van der Waals surface area contributed by atoms with Crippen LogP contribution in [0.15, 0.2) is 24.5 Å². The molecule has 0 saturated carbocycles. The van der Waals surface area contributed by atoms with Crippen molar-refractivity contribution in [3.8, 4) is 11.8 Å². The Balaban J connectivity index is 2.59. The first-order valence-electron chi connectivity index (χ1n) is 3.85. The van der Waals surface area contributed by atoms with Crippen LogP contribution in [0.1, 0.15) is 18.9 Å². The van der Waals surface area contributed by atoms with Gasteiger partial charge in [0.15, 0.2) is 0 Å². The summed E-state index contributed by atoms with van der Waals surface area (Å²) in [6.45, 7) is 0.852. The van der Waals surface area contributed by atoms with Crippen molar-refractivity contribution in [2.24, 2.45) is 0 Å². The Bertz CT molecular complexity index is 316. The third kappa shape index (κ3) is 4.22. The number of alkyl halides is 2. The minimum Gasteiger partial charge on any atom is -0.263 e. The molecule has 0 aliphatic rings. The second kappa shape index (κ2) is 3.99. The molecule has 0 aliphatic heterocycles. The summed E-state index contributed by atoms with van der Waals surface area (Å²) in [6.07, 6.45) is 2.74. The molecule has 0 N–H and O–H groups in total. The number of hydrogen-bond donors (Lipinski definition) is 0. The maximum atomic E-state index is 12.3. The van der Waals surface area contributed by atoms with Crippen LogP contribution >= 0.6 is 0 Å². The van der Waals surface area contributed by atoms with Gasteiger partial charge in [-0.25, -0.2) is 8.78 Å². The Morgan fingerprint density at radius 2 is 2.31 bits per heavy atom. The van der Waals surface area contributed by atoms with Crippen molar-refractivity contribution < 1.29 is 8.78 Å². The van der Waals surface area contributed by atoms with Gasteiger partial charge >= 0.3 is 0 Å². The van der Waals surface area contributed by atoms with Crippen molar-refractivity contribution in [2.45, 2.75) is 19.3 Å². The van der Waals surface area contributed by atoms with E-state index in [9.17, 15) is 8.78 Å². The molecule has 0 unspecified atom stereocenters. The van der Waals surface area contributed by atoms with Gasteiger partial charge < -0.3 is 0 Å². The van der Waals surface area contributed by atoms with Crippen LogP contribution < -0.4 is 0 Å². The zero-order valence-electron chi connectivity index (χ0n) is 7.22. The minimum atomic E-state index is -2.71. The number of pyridine rings is 1. The van der Waals surface area contributed by atoms with E-state index in [0.29, 0.717) is 5.56 Å². The van der Waals surface area contributed by atoms with Crippen molar-refractivity contribution in [3.05, 3.63) is 30.1 Å². The van der Waals surface area contributed by atoms with Crippen molar-refractivity contribution in [3.63, 3.8) is 0 Å². The molecule has 1 heterocycles. The van der Waals surface area contributed by atoms with Crippen LogP contribution in [0.5, 0.6) is 0 Å². The summed E-state index contributed by atoms with van der Waals surface area (Å²) in [4.78, 5) is 3.81. The lowest BCUT2D eigenvalue weighted by atomic mass is 10.2. The van der Waals surface area contributed by atoms with Crippen LogP contribution in [-0.4, -0.2) is 10.9 Å². The minimum absolute atomic E-state index is 0.415. The summed E-state index contributed by atoms with van der Waals surface area (Å²) < 4.78 is 24.6. The second-order valence-corrected chi connectivity index (χ2v) is 2.79. The number of nitrogens with zero attached hydrogens (tertiary/aromatic N) is 1. The Kier molecular flexibility index (Phi) is 2.97. The molecular weight excluding hydrogens is 172 g/mol. The Hall–Kier alpha value is -1.43. The standard InChI is InChI=1S/C10H9F2N/c1-10(11,12)6-2-4-9-5-3-7-13-8-9/h3,5,7-8H,6H2,1H3. The molecule has 1 nitrogen and oxygen atoms in total. The summed E-state index contributed by atoms with van der Waals surface area (Å²) in [5.41, 5.74) is 0.659. The van der Waals surface area contributed by atoms with Crippen LogP contribution in [0.2, 0.25) is 0 Å². The first kappa shape index (κ1) is 9.66. The molecule has 0 bridgehead atoms. The van der Waals surface area contributed by atoms with Gasteiger partial charge in [0, 0.05) is 24.9 Å². The van der Waals surface area contributed by atoms with E-state index in [1.165, 1.54) is 0 Å². The van der Waals surface area contributed by atoms with Crippen LogP contribution in [-0.2, 0) is 0 Å². The van der Waals surface area contributed by atoms with Gasteiger partial charge in [-0.3, -0.25) is 4.98 Å². The molecule has 1 rings (SSSR count). The van der Waals surface area contributed by atoms with E-state index in [1.807, 2.05) is 0 Å². The van der Waals surface area contributed by atoms with Crippen molar-refractivity contribution in [2.75, 3.05) is 0 Å². The molecular formula is C10H9F2N. The SMILES string of the molecule is CC(F)(F)CC#Cc1cccnc1. The molecule has 1 aromatic heterocycles. The van der Waals surface area contributed by atoms with E-state index in [0.717, 1.165) is 6.92 Å². The van der Waals surface area contributed by atoms with E-state index < -0.39 is 12.3 Å². The predicted octanol–water partition coefficient (Wildman–Crippen LogP) is 2.48. The monoisotopic (exact) mass is 181 g/mol. The third-order valence-electron chi connectivity index (χ3n) is 1.29. The molecule has 0 aromatic carbocycles. The van der Waals surface area contributed by atoms with Crippen molar-refractivity contribution in [1.82, 2.24) is 4.98 Å². The molecule has 0 amide bonds. The summed E-state index contributed by atoms with van der Waals surface area (Å²) in [7, 11) is 0. The Labute approximate surface area is 75.8 Å². The zero-order chi connectivity index (χ0) is 9.73. The number of aromatic nitrogens is 1. The number of halogens is 2. The largest absolute Gasteiger partial charge is 0.263 e. The van der Waals surface area contributed by atoms with E-state index in [-0.39, 0.29) is 0 Å². The average Bonchev–Trinajstić information content (AvgIpc) is 2.04. The van der Waals surface area contributed by atoms with E-state index in [1.54, 1.807) is 24.5 Å². The molecule has 0 saturated heterocycles. The summed E-state index contributed by atoms with van der Waals surface area (Å²) in [6, 6.07) is 3.45. The highest BCUT2D eigenvalue weighted by Crippen LogP contribution is 2.15. The van der Waals surface area contributed by atoms with Crippen LogP contribution in [0, 0.1) is 11.8 Å². The molecule has 0 fully saturated rings. The Morgan fingerprint density at radius 3 is 2.85 bits per heavy atom. The van der Waals surface area contributed by atoms with Crippen molar-refractivity contribution >= 4 is 0 Å². The topological polar surface area (TPSA) is 12.9 Å². The molecule has 68 valence electrons. The van der Waals surface area contributed by atoms with Gasteiger partial charge in [-0.15, -0.1) is 0 Å². The smallest absolute Gasteiger partial charge is 0.256 e. The van der Waals surface area contributed by atoms with Gasteiger partial charge in [0.2, 0.25) is 0 Å². The fourth-order valence-electron chi connectivity index (χ4n) is 0.738. The van der Waals surface area contributed by atoms with Gasteiger partial charge in [-0.05, 0) is 12.1 Å². The molecule has 0 spiro atoms. The molecule has 1 aromatic rings. The third-order valence-corrected chi connectivity index (χ3v) is 1.29. The summed E-state index contributed by atoms with van der Waals surface area (Å²) >= 11 is 0. The summed E-state index contributed by atoms with van der Waals surface area (Å²) in [5, 5.41) is 0. The van der Waals surface area contributed by atoms with Crippen molar-refractivity contribution in [1.29, 1.82) is 0 Å². The maximum Gasteiger partial charge on any atom is 0.256 e. The van der Waals surface area contributed by atoms with E-state index in [2.05, 4.69) is 16.8 Å². The quantitative estimate of drug-likeness (QED) is 0.606. The molecule has 3 heteroatoms. The highest BCUT2D eigenvalue weighted by molar-refractivity contribution is 5.31. The normalized spacial score (nSPS) is 10.4. The van der Waals surface area contributed by atoms with Gasteiger partial charge in [0.1, 0.15) is 0 Å². The number of hydrogen-bond acceptors (Lipinski definition) is 1. The number of rotatable bonds is 1. The Morgan fingerprint density at radius 1 is 1.54 bits per heavy atom. The van der Waals surface area contributed by atoms with Gasteiger partial charge in [-0.1, -0.05) is 11.8 Å². The van der Waals surface area contributed by atoms with Crippen LogP contribution in [0.3, 0.4) is 0 Å². The van der Waals surface area contributed by atoms with Crippen LogP contribution in [0.25, 0.3) is 0 Å². The summed E-state index contributed by atoms with van der Waals surface area (Å²) in [5.74, 6) is 2.30. The van der Waals surface area contributed by atoms with Gasteiger partial charge in [-0.2, -0.15) is 0 Å². The molecule has 0 aliphatic carbocycles. The zero-order valence-corrected chi connectivity index (χ0v) is 7.22. The average molecular weight is 181 g/mol. The molecule has 0 atom stereocenters. The second-order valence-electron chi connectivity index (χ2n) is 2.79. The maximum absolute atomic E-state index is 12.3. The first-order valence-corrected chi connectivity index (χ1v) is 3.85. The lowest BCUT2D eigenvalue weighted by Crippen LogP contribution is -2.06. The first-order chi connectivity index (χ1) is 6.08.